The lowest BCUT2D eigenvalue weighted by molar-refractivity contribution is 0.616. The first-order valence-electron chi connectivity index (χ1n) is 6.74. The summed E-state index contributed by atoms with van der Waals surface area (Å²) in [4.78, 5) is 9.26. The molecule has 1 aromatic carbocycles. The third-order valence-corrected chi connectivity index (χ3v) is 4.22. The lowest BCUT2D eigenvalue weighted by atomic mass is 10.0. The van der Waals surface area contributed by atoms with E-state index < -0.39 is 0 Å². The fourth-order valence-corrected chi connectivity index (χ4v) is 2.94. The summed E-state index contributed by atoms with van der Waals surface area (Å²) in [7, 11) is 0. The first kappa shape index (κ1) is 13.6. The summed E-state index contributed by atoms with van der Waals surface area (Å²) in [6.45, 7) is 3.81. The molecule has 2 heterocycles. The Morgan fingerprint density at radius 3 is 3.00 bits per heavy atom. The van der Waals surface area contributed by atoms with E-state index in [1.807, 2.05) is 0 Å². The molecule has 0 radical (unpaired) electrons. The van der Waals surface area contributed by atoms with Crippen molar-refractivity contribution in [2.24, 2.45) is 0 Å². The number of aryl methyl sites for hydroxylation is 1. The number of benzene rings is 1. The molecule has 20 heavy (non-hydrogen) atoms. The summed E-state index contributed by atoms with van der Waals surface area (Å²) in [6.07, 6.45) is 1.83. The molecule has 0 saturated heterocycles. The molecule has 0 spiro atoms. The van der Waals surface area contributed by atoms with Crippen molar-refractivity contribution in [2.45, 2.75) is 26.3 Å². The number of halogens is 2. The highest BCUT2D eigenvalue weighted by Crippen LogP contribution is 2.28. The maximum absolute atomic E-state index is 13.5. The van der Waals surface area contributed by atoms with E-state index in [4.69, 9.17) is 0 Å². The Hall–Kier alpha value is -1.33. The van der Waals surface area contributed by atoms with Gasteiger partial charge < -0.3 is 5.32 Å². The number of hydrogen-bond donors (Lipinski definition) is 1. The van der Waals surface area contributed by atoms with Gasteiger partial charge in [0.1, 0.15) is 5.82 Å². The van der Waals surface area contributed by atoms with Gasteiger partial charge >= 0.3 is 0 Å². The van der Waals surface area contributed by atoms with Crippen LogP contribution in [-0.2, 0) is 19.4 Å². The summed E-state index contributed by atoms with van der Waals surface area (Å²) in [5, 5.41) is 3.32. The lowest BCUT2D eigenvalue weighted by Gasteiger charge is -2.20. The Kier molecular flexibility index (Phi) is 3.81. The second kappa shape index (κ2) is 5.58. The van der Waals surface area contributed by atoms with Gasteiger partial charge in [0.15, 0.2) is 5.82 Å². The average molecular weight is 336 g/mol. The van der Waals surface area contributed by atoms with Crippen LogP contribution in [0.3, 0.4) is 0 Å². The predicted octanol–water partition coefficient (Wildman–Crippen LogP) is 3.25. The molecule has 104 valence electrons. The minimum Gasteiger partial charge on any atom is -0.311 e. The summed E-state index contributed by atoms with van der Waals surface area (Å²) in [5.41, 5.74) is 4.06. The highest BCUT2D eigenvalue weighted by atomic mass is 79.9. The van der Waals surface area contributed by atoms with Gasteiger partial charge in [0.2, 0.25) is 0 Å². The Bertz CT molecular complexity index is 641. The molecule has 0 unspecified atom stereocenters. The van der Waals surface area contributed by atoms with E-state index in [0.717, 1.165) is 41.8 Å². The third-order valence-electron chi connectivity index (χ3n) is 3.53. The molecule has 0 fully saturated rings. The van der Waals surface area contributed by atoms with Crippen LogP contribution >= 0.6 is 15.9 Å². The molecule has 0 bridgehead atoms. The molecule has 1 aromatic heterocycles. The largest absolute Gasteiger partial charge is 0.311 e. The van der Waals surface area contributed by atoms with E-state index in [0.29, 0.717) is 11.4 Å². The van der Waals surface area contributed by atoms with Gasteiger partial charge in [-0.2, -0.15) is 0 Å². The van der Waals surface area contributed by atoms with Crippen molar-refractivity contribution in [3.8, 4) is 11.4 Å². The van der Waals surface area contributed by atoms with Crippen LogP contribution in [0.2, 0.25) is 0 Å². The van der Waals surface area contributed by atoms with Crippen molar-refractivity contribution >= 4 is 15.9 Å². The number of nitrogens with one attached hydrogen (secondary N) is 1. The van der Waals surface area contributed by atoms with Gasteiger partial charge in [-0.25, -0.2) is 14.4 Å². The van der Waals surface area contributed by atoms with Crippen molar-refractivity contribution in [1.82, 2.24) is 15.3 Å². The Morgan fingerprint density at radius 1 is 1.35 bits per heavy atom. The van der Waals surface area contributed by atoms with Crippen molar-refractivity contribution < 1.29 is 4.39 Å². The number of aromatic nitrogens is 2. The van der Waals surface area contributed by atoms with Crippen LogP contribution in [0.1, 0.15) is 23.9 Å². The van der Waals surface area contributed by atoms with E-state index in [9.17, 15) is 4.39 Å². The molecule has 3 rings (SSSR count). The zero-order valence-corrected chi connectivity index (χ0v) is 12.8. The minimum atomic E-state index is -0.277. The van der Waals surface area contributed by atoms with Crippen LogP contribution < -0.4 is 5.32 Å². The highest BCUT2D eigenvalue weighted by molar-refractivity contribution is 9.10. The first-order chi connectivity index (χ1) is 9.69. The number of nitrogens with zero attached hydrogens (tertiary/aromatic N) is 2. The topological polar surface area (TPSA) is 37.8 Å². The maximum atomic E-state index is 13.5. The van der Waals surface area contributed by atoms with Crippen molar-refractivity contribution in [3.05, 3.63) is 45.4 Å². The normalized spacial score (nSPS) is 14.2. The van der Waals surface area contributed by atoms with Crippen molar-refractivity contribution in [3.63, 3.8) is 0 Å². The van der Waals surface area contributed by atoms with Gasteiger partial charge in [-0.15, -0.1) is 0 Å². The van der Waals surface area contributed by atoms with Crippen LogP contribution in [0.5, 0.6) is 0 Å². The minimum absolute atomic E-state index is 0.277. The zero-order valence-electron chi connectivity index (χ0n) is 11.2. The van der Waals surface area contributed by atoms with E-state index >= 15 is 0 Å². The molecule has 1 N–H and O–H groups in total. The lowest BCUT2D eigenvalue weighted by Crippen LogP contribution is -2.26. The number of rotatable bonds is 2. The Labute approximate surface area is 125 Å². The highest BCUT2D eigenvalue weighted by Gasteiger charge is 2.18. The molecule has 0 aliphatic carbocycles. The second-order valence-electron chi connectivity index (χ2n) is 4.82. The Balaban J connectivity index is 2.17. The van der Waals surface area contributed by atoms with Crippen LogP contribution in [0, 0.1) is 5.82 Å². The van der Waals surface area contributed by atoms with Gasteiger partial charge in [0.25, 0.3) is 0 Å². The standard InChI is InChI=1S/C15H15BrFN3/c1-2-13-10-5-6-18-8-14(10)20-15(19-13)11-7-9(17)3-4-12(11)16/h3-4,7,18H,2,5-6,8H2,1H3. The fourth-order valence-electron chi connectivity index (χ4n) is 2.52. The van der Waals surface area contributed by atoms with E-state index in [1.54, 1.807) is 6.07 Å². The quantitative estimate of drug-likeness (QED) is 0.915. The average Bonchev–Trinajstić information content (AvgIpc) is 2.48. The van der Waals surface area contributed by atoms with E-state index in [2.05, 4.69) is 38.1 Å². The van der Waals surface area contributed by atoms with Gasteiger partial charge in [-0.1, -0.05) is 22.9 Å². The smallest absolute Gasteiger partial charge is 0.160 e. The van der Waals surface area contributed by atoms with Crippen LogP contribution in [-0.4, -0.2) is 16.5 Å². The van der Waals surface area contributed by atoms with Crippen molar-refractivity contribution in [2.75, 3.05) is 6.54 Å². The third kappa shape index (κ3) is 2.47. The van der Waals surface area contributed by atoms with Crippen molar-refractivity contribution in [1.29, 1.82) is 0 Å². The predicted molar refractivity (Wildman–Crippen MR) is 79.9 cm³/mol. The monoisotopic (exact) mass is 335 g/mol. The molecule has 2 aromatic rings. The summed E-state index contributed by atoms with van der Waals surface area (Å²) in [5.74, 6) is 0.316. The van der Waals surface area contributed by atoms with Gasteiger partial charge in [-0.05, 0) is 43.1 Å². The number of fused-ring (bicyclic) bond motifs is 1. The fraction of sp³-hybridized carbons (Fsp3) is 0.333. The molecule has 5 heteroatoms. The molecule has 0 atom stereocenters. The summed E-state index contributed by atoms with van der Waals surface area (Å²) < 4.78 is 14.3. The molecule has 0 amide bonds. The second-order valence-corrected chi connectivity index (χ2v) is 5.68. The van der Waals surface area contributed by atoms with Gasteiger partial charge in [0.05, 0.1) is 5.69 Å². The maximum Gasteiger partial charge on any atom is 0.160 e. The molecule has 1 aliphatic heterocycles. The van der Waals surface area contributed by atoms with Gasteiger partial charge in [0, 0.05) is 22.3 Å². The zero-order chi connectivity index (χ0) is 14.1. The summed E-state index contributed by atoms with van der Waals surface area (Å²) >= 11 is 3.45. The summed E-state index contributed by atoms with van der Waals surface area (Å²) in [6, 6.07) is 4.59. The Morgan fingerprint density at radius 2 is 2.20 bits per heavy atom. The van der Waals surface area contributed by atoms with E-state index in [1.165, 1.54) is 17.7 Å². The van der Waals surface area contributed by atoms with Crippen LogP contribution in [0.15, 0.2) is 22.7 Å². The molecule has 0 saturated carbocycles. The molecular formula is C15H15BrFN3. The SMILES string of the molecule is CCc1nc(-c2cc(F)ccc2Br)nc2c1CCNC2. The first-order valence-corrected chi connectivity index (χ1v) is 7.53. The van der Waals surface area contributed by atoms with Crippen LogP contribution in [0.4, 0.5) is 4.39 Å². The number of hydrogen-bond acceptors (Lipinski definition) is 3. The molecule has 1 aliphatic rings. The molecular weight excluding hydrogens is 321 g/mol. The van der Waals surface area contributed by atoms with Gasteiger partial charge in [-0.3, -0.25) is 0 Å². The molecule has 3 nitrogen and oxygen atoms in total. The van der Waals surface area contributed by atoms with Crippen LogP contribution in [0.25, 0.3) is 11.4 Å². The van der Waals surface area contributed by atoms with E-state index in [-0.39, 0.29) is 5.82 Å².